The molecular weight excluding hydrogens is 1050 g/mol. The Morgan fingerprint density at radius 3 is 0.935 bits per heavy atom. The third-order valence-corrected chi connectivity index (χ3v) is 11.4. The van der Waals surface area contributed by atoms with E-state index in [2.05, 4.69) is 0 Å². The summed E-state index contributed by atoms with van der Waals surface area (Å²) < 4.78 is 96.6. The van der Waals surface area contributed by atoms with Gasteiger partial charge in [-0.3, -0.25) is 52.7 Å². The zero-order valence-corrected chi connectivity index (χ0v) is 43.6. The second-order valence-corrected chi connectivity index (χ2v) is 17.7. The first kappa shape index (κ1) is 63.3. The van der Waals surface area contributed by atoms with Crippen LogP contribution in [0.15, 0.2) is 0 Å². The van der Waals surface area contributed by atoms with E-state index < -0.39 is 215 Å². The molecule has 0 radical (unpaired) electrons. The molecule has 3 N–H and O–H groups in total. The number of ether oxygens (including phenoxy) is 17. The Labute approximate surface area is 438 Å². The lowest BCUT2D eigenvalue weighted by Crippen LogP contribution is -2.72. The van der Waals surface area contributed by atoms with Crippen molar-refractivity contribution >= 4 is 65.7 Å². The summed E-state index contributed by atoms with van der Waals surface area (Å²) in [6.07, 6.45) is -37.7. The van der Waals surface area contributed by atoms with E-state index in [1.54, 1.807) is 0 Å². The molecule has 20 atom stereocenters. The van der Waals surface area contributed by atoms with Crippen molar-refractivity contribution < 1.29 is 149 Å². The molecule has 4 saturated heterocycles. The van der Waals surface area contributed by atoms with Gasteiger partial charge in [0.05, 0.1) is 6.61 Å². The third-order valence-electron chi connectivity index (χ3n) is 11.4. The molecule has 0 aliphatic carbocycles. The minimum absolute atomic E-state index is 0.692. The Hall–Kier alpha value is -6.19. The molecule has 4 aliphatic rings. The number of rotatable bonds is 20. The lowest BCUT2D eigenvalue weighted by molar-refractivity contribution is -0.364. The summed E-state index contributed by atoms with van der Waals surface area (Å²) in [6, 6.07) is 0. The van der Waals surface area contributed by atoms with E-state index in [1.165, 1.54) is 0 Å². The van der Waals surface area contributed by atoms with Gasteiger partial charge >= 0.3 is 65.7 Å². The molecular formula is C46H64O31. The molecule has 31 nitrogen and oxygen atoms in total. The number of carbonyl (C=O) groups is 11. The van der Waals surface area contributed by atoms with Gasteiger partial charge in [-0.2, -0.15) is 0 Å². The maximum absolute atomic E-state index is 13.1. The summed E-state index contributed by atoms with van der Waals surface area (Å²) in [4.78, 5) is 137. The smallest absolute Gasteiger partial charge is 0.303 e. The summed E-state index contributed by atoms with van der Waals surface area (Å²) in [5.74, 6) is -10.9. The zero-order chi connectivity index (χ0) is 57.7. The molecule has 31 heteroatoms. The van der Waals surface area contributed by atoms with E-state index in [9.17, 15) is 68.1 Å². The van der Waals surface area contributed by atoms with Crippen LogP contribution in [-0.2, 0) is 133 Å². The SMILES string of the molecule is CC(=O)OC[C@H]1O[C@H]([C@@H]2O[C@H](CO)[C@@H](O[C@H]3O[C@H](COC(C)=O)[C@@H](OC(C)=O)[C@H](OC(C)=O)[C@H]3OC(C)=O)[C@H](O)[C@H]2O)[C@H](OC(C)=O)[C@@H](OC(C)=O)[C@@H]1O[C@H]1O[C@H](COC(C)=O)[C@@H](OC(C)=O)[C@H](OC(C)=O)[C@H]1OC(C)=O. The molecule has 4 fully saturated rings. The number of hydrogen-bond donors (Lipinski definition) is 3. The quantitative estimate of drug-likeness (QED) is 0.0790. The molecule has 0 bridgehead atoms. The molecule has 0 saturated carbocycles. The van der Waals surface area contributed by atoms with Crippen LogP contribution >= 0.6 is 0 Å². The fourth-order valence-corrected chi connectivity index (χ4v) is 8.82. The van der Waals surface area contributed by atoms with Crippen LogP contribution in [0.1, 0.15) is 76.2 Å². The molecule has 4 aliphatic heterocycles. The molecule has 4 rings (SSSR count). The van der Waals surface area contributed by atoms with Gasteiger partial charge in [0.1, 0.15) is 80.9 Å². The summed E-state index contributed by atoms with van der Waals surface area (Å²) in [5, 5.41) is 34.8. The molecule has 0 spiro atoms. The number of esters is 11. The molecule has 0 aromatic carbocycles. The number of aliphatic hydroxyl groups is 3. The Balaban J connectivity index is 1.84. The molecule has 434 valence electrons. The molecule has 77 heavy (non-hydrogen) atoms. The molecule has 0 unspecified atom stereocenters. The summed E-state index contributed by atoms with van der Waals surface area (Å²) in [6.45, 7) is 7.28. The topological polar surface area (TPSA) is 405 Å². The van der Waals surface area contributed by atoms with Crippen LogP contribution < -0.4 is 0 Å². The lowest BCUT2D eigenvalue weighted by atomic mass is 9.85. The van der Waals surface area contributed by atoms with E-state index in [4.69, 9.17) is 80.5 Å². The van der Waals surface area contributed by atoms with Crippen LogP contribution in [0.4, 0.5) is 0 Å². The summed E-state index contributed by atoms with van der Waals surface area (Å²) >= 11 is 0. The molecule has 0 aromatic heterocycles. The molecule has 0 aromatic rings. The number of aliphatic hydroxyl groups excluding tert-OH is 3. The van der Waals surface area contributed by atoms with Gasteiger partial charge in [-0.25, -0.2) is 0 Å². The standard InChI is InChI=1S/C46H64O31/c1-16(48)61-13-28-36(77-46-44(71-26(11)58)40(68-23(8)55)35(65-20(5)52)30(75-46)15-63-18(3)50)38(66-21(6)53)42(69-24(9)56)41(73-28)37-32(60)31(59)33(27(12-47)72-37)76-45-43(70-25(10)57)39(67-22(7)54)34(64-19(4)51)29(74-45)14-62-17(2)49/h27-47,59-60H,12-15H2,1-11H3/t27-,28-,29-,30-,31-,32-,33-,34-,35-,36-,37-,38+,39+,40+,41-,42-,43-,44-,45-,46-/m1/s1. The fourth-order valence-electron chi connectivity index (χ4n) is 8.82. The maximum Gasteiger partial charge on any atom is 0.303 e. The summed E-state index contributed by atoms with van der Waals surface area (Å²) in [7, 11) is 0. The van der Waals surface area contributed by atoms with Crippen molar-refractivity contribution in [2.75, 3.05) is 26.4 Å². The van der Waals surface area contributed by atoms with E-state index >= 15 is 0 Å². The van der Waals surface area contributed by atoms with Gasteiger partial charge in [0.25, 0.3) is 0 Å². The number of hydrogen-bond acceptors (Lipinski definition) is 31. The Kier molecular flexibility index (Phi) is 23.4. The first-order valence-electron chi connectivity index (χ1n) is 23.7. The van der Waals surface area contributed by atoms with Crippen LogP contribution in [0.3, 0.4) is 0 Å². The Morgan fingerprint density at radius 2 is 0.597 bits per heavy atom. The monoisotopic (exact) mass is 1110 g/mol. The van der Waals surface area contributed by atoms with Crippen molar-refractivity contribution in [1.29, 1.82) is 0 Å². The Morgan fingerprint density at radius 1 is 0.312 bits per heavy atom. The van der Waals surface area contributed by atoms with Crippen molar-refractivity contribution in [3.63, 3.8) is 0 Å². The average Bonchev–Trinajstić information content (AvgIpc) is 3.30. The maximum atomic E-state index is 13.1. The van der Waals surface area contributed by atoms with Crippen LogP contribution in [0.2, 0.25) is 0 Å². The zero-order valence-electron chi connectivity index (χ0n) is 43.6. The van der Waals surface area contributed by atoms with Gasteiger partial charge in [0, 0.05) is 76.2 Å². The van der Waals surface area contributed by atoms with Gasteiger partial charge in [-0.15, -0.1) is 0 Å². The molecule has 0 amide bonds. The largest absolute Gasteiger partial charge is 0.463 e. The van der Waals surface area contributed by atoms with E-state index in [0.29, 0.717) is 0 Å². The van der Waals surface area contributed by atoms with Gasteiger partial charge in [0.15, 0.2) is 61.4 Å². The van der Waals surface area contributed by atoms with Crippen molar-refractivity contribution in [2.45, 2.75) is 199 Å². The minimum Gasteiger partial charge on any atom is -0.463 e. The number of carbonyl (C=O) groups excluding carboxylic acids is 11. The van der Waals surface area contributed by atoms with E-state index in [1.807, 2.05) is 0 Å². The van der Waals surface area contributed by atoms with Crippen LogP contribution in [-0.4, -0.2) is 230 Å². The van der Waals surface area contributed by atoms with Gasteiger partial charge in [0.2, 0.25) is 0 Å². The highest BCUT2D eigenvalue weighted by atomic mass is 16.8. The van der Waals surface area contributed by atoms with Crippen molar-refractivity contribution in [1.82, 2.24) is 0 Å². The van der Waals surface area contributed by atoms with E-state index in [0.717, 1.165) is 76.2 Å². The van der Waals surface area contributed by atoms with Crippen molar-refractivity contribution in [3.8, 4) is 0 Å². The van der Waals surface area contributed by atoms with Crippen molar-refractivity contribution in [3.05, 3.63) is 0 Å². The lowest BCUT2D eigenvalue weighted by Gasteiger charge is -2.52. The minimum atomic E-state index is -2.28. The van der Waals surface area contributed by atoms with Crippen molar-refractivity contribution in [2.24, 2.45) is 0 Å². The van der Waals surface area contributed by atoms with E-state index in [-0.39, 0.29) is 0 Å². The Bertz CT molecular complexity index is 2150. The second kappa shape index (κ2) is 28.4. The average molecular weight is 1110 g/mol. The van der Waals surface area contributed by atoms with Crippen LogP contribution in [0.5, 0.6) is 0 Å². The van der Waals surface area contributed by atoms with Gasteiger partial charge in [-0.05, 0) is 0 Å². The van der Waals surface area contributed by atoms with Gasteiger partial charge < -0.3 is 95.8 Å². The second-order valence-electron chi connectivity index (χ2n) is 17.7. The molecule has 4 heterocycles. The fraction of sp³-hybridized carbons (Fsp3) is 0.761. The highest BCUT2D eigenvalue weighted by Gasteiger charge is 2.62. The predicted octanol–water partition coefficient (Wildman–Crippen LogP) is -3.40. The van der Waals surface area contributed by atoms with Gasteiger partial charge in [-0.1, -0.05) is 0 Å². The summed E-state index contributed by atoms with van der Waals surface area (Å²) in [5.41, 5.74) is 0. The first-order valence-corrected chi connectivity index (χ1v) is 23.7. The predicted molar refractivity (Wildman–Crippen MR) is 238 cm³/mol. The van der Waals surface area contributed by atoms with Crippen LogP contribution in [0, 0.1) is 0 Å². The van der Waals surface area contributed by atoms with Crippen LogP contribution in [0.25, 0.3) is 0 Å². The first-order chi connectivity index (χ1) is 36.0. The highest BCUT2D eigenvalue weighted by Crippen LogP contribution is 2.40. The third kappa shape index (κ3) is 17.7. The normalized spacial score (nSPS) is 34.8. The highest BCUT2D eigenvalue weighted by molar-refractivity contribution is 5.71.